The minimum Gasteiger partial charge on any atom is -0.480 e. The number of nitrogens with zero attached hydrogens (tertiary/aromatic N) is 2. The van der Waals surface area contributed by atoms with Crippen molar-refractivity contribution < 1.29 is 18.7 Å². The number of alkyl carbamates (subject to hydrolysis) is 1. The lowest BCUT2D eigenvalue weighted by molar-refractivity contribution is 0.0525. The lowest BCUT2D eigenvalue weighted by Gasteiger charge is -2.19. The van der Waals surface area contributed by atoms with Gasteiger partial charge >= 0.3 is 6.09 Å². The van der Waals surface area contributed by atoms with Crippen molar-refractivity contribution in [1.82, 2.24) is 15.1 Å². The van der Waals surface area contributed by atoms with Crippen molar-refractivity contribution >= 4 is 17.9 Å². The van der Waals surface area contributed by atoms with Crippen LogP contribution in [0.5, 0.6) is 5.88 Å². The molecule has 6 nitrogen and oxygen atoms in total. The maximum atomic E-state index is 13.1. The molecule has 0 unspecified atom stereocenters. The van der Waals surface area contributed by atoms with E-state index in [9.17, 15) is 9.18 Å². The van der Waals surface area contributed by atoms with Crippen molar-refractivity contribution in [2.45, 2.75) is 49.6 Å². The summed E-state index contributed by atoms with van der Waals surface area (Å²) in [6.45, 7) is 8.11. The molecule has 2 aromatic rings. The van der Waals surface area contributed by atoms with E-state index in [0.29, 0.717) is 19.0 Å². The van der Waals surface area contributed by atoms with E-state index in [1.165, 1.54) is 23.9 Å². The van der Waals surface area contributed by atoms with Crippen LogP contribution in [0.25, 0.3) is 0 Å². The third-order valence-electron chi connectivity index (χ3n) is 3.25. The van der Waals surface area contributed by atoms with Crippen LogP contribution in [0.4, 0.5) is 9.18 Å². The first-order valence-corrected chi connectivity index (χ1v) is 9.03. The predicted molar refractivity (Wildman–Crippen MR) is 98.3 cm³/mol. The number of benzene rings is 1. The van der Waals surface area contributed by atoms with Gasteiger partial charge in [-0.3, -0.25) is 0 Å². The largest absolute Gasteiger partial charge is 0.480 e. The zero-order valence-corrected chi connectivity index (χ0v) is 16.4. The van der Waals surface area contributed by atoms with E-state index in [0.717, 1.165) is 15.5 Å². The normalized spacial score (nSPS) is 11.3. The third kappa shape index (κ3) is 5.66. The minimum atomic E-state index is -0.539. The van der Waals surface area contributed by atoms with Crippen molar-refractivity contribution in [2.75, 3.05) is 13.7 Å². The number of amides is 1. The number of methoxy groups -OCH3 is 1. The van der Waals surface area contributed by atoms with Gasteiger partial charge in [0.1, 0.15) is 11.4 Å². The Labute approximate surface area is 157 Å². The summed E-state index contributed by atoms with van der Waals surface area (Å²) in [6, 6.07) is 6.25. The van der Waals surface area contributed by atoms with E-state index in [1.807, 2.05) is 27.7 Å². The summed E-state index contributed by atoms with van der Waals surface area (Å²) < 4.78 is 25.5. The van der Waals surface area contributed by atoms with E-state index >= 15 is 0 Å². The molecule has 0 aliphatic heterocycles. The fraction of sp³-hybridized carbons (Fsp3) is 0.444. The zero-order chi connectivity index (χ0) is 19.3. The van der Waals surface area contributed by atoms with Gasteiger partial charge in [0, 0.05) is 11.4 Å². The van der Waals surface area contributed by atoms with Gasteiger partial charge in [-0.2, -0.15) is 5.10 Å². The minimum absolute atomic E-state index is 0.276. The Morgan fingerprint density at radius 1 is 1.31 bits per heavy atom. The molecule has 1 N–H and O–H groups in total. The molecule has 0 saturated heterocycles. The summed E-state index contributed by atoms with van der Waals surface area (Å²) in [5.41, 5.74) is 0.261. The van der Waals surface area contributed by atoms with Gasteiger partial charge < -0.3 is 14.8 Å². The number of ether oxygens (including phenoxy) is 2. The Morgan fingerprint density at radius 3 is 2.54 bits per heavy atom. The number of carbonyl (C=O) groups excluding carboxylic acids is 1. The van der Waals surface area contributed by atoms with Gasteiger partial charge in [-0.05, 0) is 52.0 Å². The van der Waals surface area contributed by atoms with Gasteiger partial charge in [0.25, 0.3) is 0 Å². The molecule has 0 saturated carbocycles. The molecule has 26 heavy (non-hydrogen) atoms. The van der Waals surface area contributed by atoms with Crippen molar-refractivity contribution in [1.29, 1.82) is 0 Å². The number of carbonyl (C=O) groups is 1. The lowest BCUT2D eigenvalue weighted by atomic mass is 10.2. The number of hydrogen-bond donors (Lipinski definition) is 1. The van der Waals surface area contributed by atoms with Crippen LogP contribution in [0.15, 0.2) is 34.1 Å². The molecule has 8 heteroatoms. The Hall–Kier alpha value is -2.22. The van der Waals surface area contributed by atoms with E-state index < -0.39 is 11.7 Å². The zero-order valence-electron chi connectivity index (χ0n) is 15.6. The van der Waals surface area contributed by atoms with Gasteiger partial charge in [0.05, 0.1) is 24.2 Å². The fourth-order valence-electron chi connectivity index (χ4n) is 2.21. The molecule has 0 bridgehead atoms. The molecular formula is C18H24FN3O3S. The molecule has 1 aromatic carbocycles. The Bertz CT molecular complexity index is 754. The quantitative estimate of drug-likeness (QED) is 0.819. The summed E-state index contributed by atoms with van der Waals surface area (Å²) in [5, 5.41) is 7.17. The van der Waals surface area contributed by atoms with Crippen LogP contribution in [0, 0.1) is 12.7 Å². The van der Waals surface area contributed by atoms with Crippen LogP contribution in [0.1, 0.15) is 26.5 Å². The second-order valence-electron chi connectivity index (χ2n) is 6.63. The Morgan fingerprint density at radius 2 is 1.96 bits per heavy atom. The summed E-state index contributed by atoms with van der Waals surface area (Å²) in [5.74, 6) is 0.324. The second-order valence-corrected chi connectivity index (χ2v) is 7.72. The molecule has 1 heterocycles. The molecule has 0 aliphatic carbocycles. The Balaban J connectivity index is 2.03. The van der Waals surface area contributed by atoms with Crippen LogP contribution in [0.3, 0.4) is 0 Å². The highest BCUT2D eigenvalue weighted by molar-refractivity contribution is 7.99. The van der Waals surface area contributed by atoms with Gasteiger partial charge in [-0.15, -0.1) is 0 Å². The van der Waals surface area contributed by atoms with Crippen LogP contribution in [-0.2, 0) is 11.3 Å². The molecule has 0 fully saturated rings. The highest BCUT2D eigenvalue weighted by Gasteiger charge is 2.19. The highest BCUT2D eigenvalue weighted by atomic mass is 32.2. The van der Waals surface area contributed by atoms with Gasteiger partial charge in [0.15, 0.2) is 0 Å². The summed E-state index contributed by atoms with van der Waals surface area (Å²) in [6.07, 6.45) is -0.471. The average molecular weight is 381 g/mol. The van der Waals surface area contributed by atoms with Gasteiger partial charge in [-0.1, -0.05) is 11.8 Å². The molecule has 1 amide bonds. The number of aromatic nitrogens is 2. The topological polar surface area (TPSA) is 65.4 Å². The molecule has 0 radical (unpaired) electrons. The first kappa shape index (κ1) is 20.1. The molecule has 0 aliphatic rings. The van der Waals surface area contributed by atoms with Gasteiger partial charge in [-0.25, -0.2) is 13.9 Å². The molecule has 1 aromatic heterocycles. The summed E-state index contributed by atoms with van der Waals surface area (Å²) in [7, 11) is 1.57. The van der Waals surface area contributed by atoms with E-state index in [2.05, 4.69) is 10.4 Å². The SMILES string of the molecule is COc1c(Sc2ccc(F)cc2)c(C)nn1CCNC(=O)OC(C)(C)C. The maximum Gasteiger partial charge on any atom is 0.407 e. The first-order valence-electron chi connectivity index (χ1n) is 8.21. The van der Waals surface area contributed by atoms with Crippen LogP contribution in [0.2, 0.25) is 0 Å². The molecular weight excluding hydrogens is 357 g/mol. The standard InChI is InChI=1S/C18H24FN3O3S/c1-12-15(26-14-8-6-13(19)7-9-14)16(24-5)22(21-12)11-10-20-17(23)25-18(2,3)4/h6-9H,10-11H2,1-5H3,(H,20,23). The number of rotatable bonds is 6. The molecule has 0 spiro atoms. The van der Waals surface area contributed by atoms with E-state index in [4.69, 9.17) is 9.47 Å². The number of halogens is 1. The summed E-state index contributed by atoms with van der Waals surface area (Å²) in [4.78, 5) is 13.5. The highest BCUT2D eigenvalue weighted by Crippen LogP contribution is 2.37. The molecule has 0 atom stereocenters. The van der Waals surface area contributed by atoms with Crippen LogP contribution in [-0.4, -0.2) is 35.1 Å². The molecule has 2 rings (SSSR count). The van der Waals surface area contributed by atoms with Crippen molar-refractivity contribution in [2.24, 2.45) is 0 Å². The van der Waals surface area contributed by atoms with Crippen molar-refractivity contribution in [3.05, 3.63) is 35.8 Å². The van der Waals surface area contributed by atoms with Crippen LogP contribution < -0.4 is 10.1 Å². The fourth-order valence-corrected chi connectivity index (χ4v) is 3.18. The first-order chi connectivity index (χ1) is 12.2. The third-order valence-corrected chi connectivity index (χ3v) is 4.43. The van der Waals surface area contributed by atoms with Crippen molar-refractivity contribution in [3.63, 3.8) is 0 Å². The van der Waals surface area contributed by atoms with E-state index in [-0.39, 0.29) is 5.82 Å². The second kappa shape index (κ2) is 8.44. The number of nitrogens with one attached hydrogen (secondary N) is 1. The number of aryl methyl sites for hydroxylation is 1. The average Bonchev–Trinajstić information content (AvgIpc) is 2.83. The molecule has 142 valence electrons. The lowest BCUT2D eigenvalue weighted by Crippen LogP contribution is -2.34. The smallest absolute Gasteiger partial charge is 0.407 e. The van der Waals surface area contributed by atoms with Crippen molar-refractivity contribution in [3.8, 4) is 5.88 Å². The van der Waals surface area contributed by atoms with Gasteiger partial charge in [0.2, 0.25) is 5.88 Å². The summed E-state index contributed by atoms with van der Waals surface area (Å²) >= 11 is 1.46. The predicted octanol–water partition coefficient (Wildman–Crippen LogP) is 4.02. The number of hydrogen-bond acceptors (Lipinski definition) is 5. The monoisotopic (exact) mass is 381 g/mol. The Kier molecular flexibility index (Phi) is 6.52. The maximum absolute atomic E-state index is 13.1. The van der Waals surface area contributed by atoms with E-state index in [1.54, 1.807) is 23.9 Å². The van der Waals surface area contributed by atoms with Crippen LogP contribution >= 0.6 is 11.8 Å².